The summed E-state index contributed by atoms with van der Waals surface area (Å²) in [6.45, 7) is -3.55. The zero-order valence-corrected chi connectivity index (χ0v) is 15.3. The molecule has 0 unspecified atom stereocenters. The van der Waals surface area contributed by atoms with Gasteiger partial charge in [-0.15, -0.1) is 10.2 Å². The molecule has 0 bridgehead atoms. The summed E-state index contributed by atoms with van der Waals surface area (Å²) in [5.74, 6) is -1.94. The molecule has 2 amide bonds. The van der Waals surface area contributed by atoms with Gasteiger partial charge >= 0.3 is 12.8 Å². The molecule has 31 heavy (non-hydrogen) atoms. The third-order valence-corrected chi connectivity index (χ3v) is 3.78. The van der Waals surface area contributed by atoms with Crippen LogP contribution < -0.4 is 10.1 Å². The lowest BCUT2D eigenvalue weighted by molar-refractivity contribution is -0.137. The lowest BCUT2D eigenvalue weighted by atomic mass is 10.1. The van der Waals surface area contributed by atoms with E-state index in [9.17, 15) is 31.5 Å². The molecule has 0 aliphatic rings. The first-order valence-electron chi connectivity index (χ1n) is 8.46. The van der Waals surface area contributed by atoms with Crippen LogP contribution in [-0.2, 0) is 17.5 Å². The molecular formula is C18H12F5N5O3. The Bertz CT molecular complexity index is 1080. The van der Waals surface area contributed by atoms with Crippen LogP contribution in [0.25, 0.3) is 11.4 Å². The summed E-state index contributed by atoms with van der Waals surface area (Å²) in [6, 6.07) is 8.88. The maximum atomic E-state index is 12.8. The second-order valence-corrected chi connectivity index (χ2v) is 6.00. The van der Waals surface area contributed by atoms with E-state index in [-0.39, 0.29) is 22.7 Å². The van der Waals surface area contributed by atoms with Crippen molar-refractivity contribution in [3.8, 4) is 17.1 Å². The van der Waals surface area contributed by atoms with Gasteiger partial charge in [-0.2, -0.15) is 26.7 Å². The van der Waals surface area contributed by atoms with Crippen LogP contribution in [0.5, 0.6) is 5.75 Å². The molecule has 13 heteroatoms. The van der Waals surface area contributed by atoms with Crippen molar-refractivity contribution < 1.29 is 36.3 Å². The van der Waals surface area contributed by atoms with Crippen LogP contribution in [0.4, 0.5) is 22.0 Å². The molecule has 1 N–H and O–H groups in total. The summed E-state index contributed by atoms with van der Waals surface area (Å²) in [5.41, 5.74) is -0.843. The predicted molar refractivity (Wildman–Crippen MR) is 93.8 cm³/mol. The molecule has 0 fully saturated rings. The van der Waals surface area contributed by atoms with E-state index >= 15 is 0 Å². The van der Waals surface area contributed by atoms with Gasteiger partial charge in [0.25, 0.3) is 5.91 Å². The first-order valence-corrected chi connectivity index (χ1v) is 8.46. The Morgan fingerprint density at radius 1 is 1.10 bits per heavy atom. The number of halogens is 5. The second kappa shape index (κ2) is 8.85. The smallest absolute Gasteiger partial charge is 0.416 e. The molecule has 3 aromatic rings. The van der Waals surface area contributed by atoms with Gasteiger partial charge in [-0.05, 0) is 41.6 Å². The van der Waals surface area contributed by atoms with E-state index in [0.717, 1.165) is 29.1 Å². The van der Waals surface area contributed by atoms with E-state index in [4.69, 9.17) is 0 Å². The number of tetrazole rings is 1. The van der Waals surface area contributed by atoms with Crippen molar-refractivity contribution in [1.82, 2.24) is 25.5 Å². The highest BCUT2D eigenvalue weighted by atomic mass is 19.4. The molecule has 0 aliphatic carbocycles. The first-order chi connectivity index (χ1) is 14.6. The maximum absolute atomic E-state index is 12.8. The van der Waals surface area contributed by atoms with Gasteiger partial charge in [-0.3, -0.25) is 14.9 Å². The number of rotatable bonds is 6. The summed E-state index contributed by atoms with van der Waals surface area (Å²) in [7, 11) is 0. The third kappa shape index (κ3) is 5.81. The van der Waals surface area contributed by atoms with Gasteiger partial charge in [0, 0.05) is 11.1 Å². The van der Waals surface area contributed by atoms with Crippen LogP contribution in [0.15, 0.2) is 48.5 Å². The third-order valence-electron chi connectivity index (χ3n) is 3.78. The first kappa shape index (κ1) is 21.8. The quantitative estimate of drug-likeness (QED) is 0.591. The molecule has 2 aromatic carbocycles. The average molecular weight is 441 g/mol. The van der Waals surface area contributed by atoms with Gasteiger partial charge in [0.1, 0.15) is 12.3 Å². The van der Waals surface area contributed by atoms with Crippen molar-refractivity contribution in [1.29, 1.82) is 0 Å². The number of nitrogens with one attached hydrogen (secondary N) is 1. The Balaban J connectivity index is 1.62. The molecule has 1 aromatic heterocycles. The molecule has 0 atom stereocenters. The van der Waals surface area contributed by atoms with Crippen molar-refractivity contribution in [2.24, 2.45) is 0 Å². The fourth-order valence-electron chi connectivity index (χ4n) is 2.41. The summed E-state index contributed by atoms with van der Waals surface area (Å²) in [5, 5.41) is 13.1. The summed E-state index contributed by atoms with van der Waals surface area (Å²) in [4.78, 5) is 24.9. The maximum Gasteiger partial charge on any atom is 0.416 e. The number of aromatic nitrogens is 4. The minimum absolute atomic E-state index is 0.00571. The number of hydrogen-bond donors (Lipinski definition) is 1. The molecule has 162 valence electrons. The highest BCUT2D eigenvalue weighted by Gasteiger charge is 2.30. The lowest BCUT2D eigenvalue weighted by Gasteiger charge is -2.06. The zero-order valence-electron chi connectivity index (χ0n) is 15.3. The van der Waals surface area contributed by atoms with Gasteiger partial charge in [-0.1, -0.05) is 12.1 Å². The fraction of sp³-hybridized carbons (Fsp3) is 0.167. The van der Waals surface area contributed by atoms with Crippen LogP contribution >= 0.6 is 0 Å². The van der Waals surface area contributed by atoms with Crippen molar-refractivity contribution in [2.45, 2.75) is 19.3 Å². The molecule has 8 nitrogen and oxygen atoms in total. The number of alkyl halides is 5. The number of carbonyl (C=O) groups is 2. The summed E-state index contributed by atoms with van der Waals surface area (Å²) in [6.07, 6.45) is -4.55. The van der Waals surface area contributed by atoms with Gasteiger partial charge < -0.3 is 4.74 Å². The topological polar surface area (TPSA) is 99.0 Å². The highest BCUT2D eigenvalue weighted by Crippen LogP contribution is 2.31. The van der Waals surface area contributed by atoms with Gasteiger partial charge in [0.05, 0.1) is 5.56 Å². The monoisotopic (exact) mass is 441 g/mol. The molecule has 0 aliphatic heterocycles. The van der Waals surface area contributed by atoms with Crippen LogP contribution in [0, 0.1) is 0 Å². The minimum atomic E-state index is -4.55. The van der Waals surface area contributed by atoms with E-state index in [1.165, 1.54) is 24.3 Å². The van der Waals surface area contributed by atoms with Gasteiger partial charge in [0.15, 0.2) is 0 Å². The van der Waals surface area contributed by atoms with Gasteiger partial charge in [-0.25, -0.2) is 0 Å². The van der Waals surface area contributed by atoms with Crippen molar-refractivity contribution >= 4 is 11.8 Å². The van der Waals surface area contributed by atoms with Crippen molar-refractivity contribution in [2.75, 3.05) is 0 Å². The van der Waals surface area contributed by atoms with Crippen LogP contribution in [0.2, 0.25) is 0 Å². The molecule has 0 saturated carbocycles. The molecule has 0 saturated heterocycles. The van der Waals surface area contributed by atoms with Crippen LogP contribution in [0.3, 0.4) is 0 Å². The standard InChI is InChI=1S/C18H12F5N5O3/c19-17(20)31-13-6-4-10(5-7-13)16(30)24-14(29)9-28-26-15(25-27-28)11-2-1-3-12(8-11)18(21,22)23/h1-8,17H,9H2,(H,24,29,30). The normalized spacial score (nSPS) is 11.4. The second-order valence-electron chi connectivity index (χ2n) is 6.00. The molecule has 0 spiro atoms. The lowest BCUT2D eigenvalue weighted by Crippen LogP contribution is -2.33. The van der Waals surface area contributed by atoms with Gasteiger partial charge in [0.2, 0.25) is 11.7 Å². The summed E-state index contributed by atoms with van der Waals surface area (Å²) < 4.78 is 66.8. The predicted octanol–water partition coefficient (Wildman–Crippen LogP) is 2.92. The molecule has 1 heterocycles. The van der Waals surface area contributed by atoms with Crippen molar-refractivity contribution in [3.63, 3.8) is 0 Å². The van der Waals surface area contributed by atoms with Crippen LogP contribution in [0.1, 0.15) is 15.9 Å². The molecule has 3 rings (SSSR count). The minimum Gasteiger partial charge on any atom is -0.435 e. The number of hydrogen-bond acceptors (Lipinski definition) is 6. The van der Waals surface area contributed by atoms with Crippen LogP contribution in [-0.4, -0.2) is 38.6 Å². The number of benzene rings is 2. The summed E-state index contributed by atoms with van der Waals surface area (Å²) >= 11 is 0. The van der Waals surface area contributed by atoms with E-state index in [1.54, 1.807) is 0 Å². The fourth-order valence-corrected chi connectivity index (χ4v) is 2.41. The molecule has 0 radical (unpaired) electrons. The Morgan fingerprint density at radius 3 is 2.45 bits per heavy atom. The van der Waals surface area contributed by atoms with E-state index < -0.39 is 36.7 Å². The molecular weight excluding hydrogens is 429 g/mol. The number of imide groups is 1. The number of nitrogens with zero attached hydrogens (tertiary/aromatic N) is 4. The van der Waals surface area contributed by atoms with Crippen molar-refractivity contribution in [3.05, 3.63) is 59.7 Å². The number of amides is 2. The average Bonchev–Trinajstić information content (AvgIpc) is 3.16. The van der Waals surface area contributed by atoms with E-state index in [2.05, 4.69) is 20.1 Å². The number of ether oxygens (including phenoxy) is 1. The van der Waals surface area contributed by atoms with E-state index in [0.29, 0.717) is 0 Å². The highest BCUT2D eigenvalue weighted by molar-refractivity contribution is 6.04. The number of carbonyl (C=O) groups excluding carboxylic acids is 2. The largest absolute Gasteiger partial charge is 0.435 e. The SMILES string of the molecule is O=C(Cn1nnc(-c2cccc(C(F)(F)F)c2)n1)NC(=O)c1ccc(OC(F)F)cc1. The Morgan fingerprint density at radius 2 is 1.81 bits per heavy atom. The zero-order chi connectivity index (χ0) is 22.6. The Labute approximate surface area is 170 Å². The Hall–Kier alpha value is -3.90. The Kier molecular flexibility index (Phi) is 6.22. The van der Waals surface area contributed by atoms with E-state index in [1.807, 2.05) is 5.32 Å².